The van der Waals surface area contributed by atoms with Gasteiger partial charge in [0.1, 0.15) is 12.4 Å². The second kappa shape index (κ2) is 4.12. The van der Waals surface area contributed by atoms with Crippen molar-refractivity contribution in [3.63, 3.8) is 0 Å². The number of carbonyl (C=O) groups is 2. The van der Waals surface area contributed by atoms with Crippen LogP contribution in [0.3, 0.4) is 0 Å². The number of amides is 1. The summed E-state index contributed by atoms with van der Waals surface area (Å²) < 4.78 is 5.67. The first kappa shape index (κ1) is 12.6. The second-order valence-corrected chi connectivity index (χ2v) is 5.28. The van der Waals surface area contributed by atoms with Crippen molar-refractivity contribution in [1.29, 1.82) is 0 Å². The Morgan fingerprint density at radius 2 is 2.06 bits per heavy atom. The largest absolute Gasteiger partial charge is 0.490 e. The minimum atomic E-state index is -0.565. The number of benzene rings is 1. The maximum Gasteiger partial charge on any atom is 0.235 e. The molecule has 1 aromatic carbocycles. The molecule has 0 fully saturated rings. The van der Waals surface area contributed by atoms with E-state index in [2.05, 4.69) is 0 Å². The van der Waals surface area contributed by atoms with E-state index in [0.29, 0.717) is 23.6 Å². The summed E-state index contributed by atoms with van der Waals surface area (Å²) >= 11 is 0. The molecule has 0 aliphatic carbocycles. The number of nitrogens with zero attached hydrogens (tertiary/aromatic N) is 1. The van der Waals surface area contributed by atoms with E-state index in [-0.39, 0.29) is 11.7 Å². The normalized spacial score (nSPS) is 17.8. The molecule has 0 bridgehead atoms. The van der Waals surface area contributed by atoms with Gasteiger partial charge in [-0.15, -0.1) is 0 Å². The number of carbonyl (C=O) groups excluding carboxylic acids is 2. The minimum Gasteiger partial charge on any atom is -0.490 e. The van der Waals surface area contributed by atoms with Crippen LogP contribution in [-0.4, -0.2) is 25.3 Å². The van der Waals surface area contributed by atoms with Crippen molar-refractivity contribution >= 4 is 17.4 Å². The van der Waals surface area contributed by atoms with Crippen molar-refractivity contribution in [2.45, 2.75) is 20.8 Å². The molecule has 0 aromatic heterocycles. The number of ketones is 1. The summed E-state index contributed by atoms with van der Waals surface area (Å²) in [5.41, 5.74) is 0.666. The standard InChI is InChI=1S/C14H17NO3/c1-9(16)10-5-6-12-11(7-10)15(4)13(17)14(2,3)8-18-12/h5-7H,8H2,1-4H3. The second-order valence-electron chi connectivity index (χ2n) is 5.28. The molecular weight excluding hydrogens is 230 g/mol. The molecule has 96 valence electrons. The summed E-state index contributed by atoms with van der Waals surface area (Å²) in [6.45, 7) is 5.54. The van der Waals surface area contributed by atoms with E-state index in [4.69, 9.17) is 4.74 Å². The van der Waals surface area contributed by atoms with Gasteiger partial charge in [-0.3, -0.25) is 9.59 Å². The van der Waals surface area contributed by atoms with Crippen molar-refractivity contribution in [2.24, 2.45) is 5.41 Å². The van der Waals surface area contributed by atoms with E-state index in [9.17, 15) is 9.59 Å². The summed E-state index contributed by atoms with van der Waals surface area (Å²) in [5.74, 6) is 0.602. The summed E-state index contributed by atoms with van der Waals surface area (Å²) in [5, 5.41) is 0. The molecule has 1 amide bonds. The average Bonchev–Trinajstić information content (AvgIpc) is 2.41. The molecule has 4 nitrogen and oxygen atoms in total. The van der Waals surface area contributed by atoms with Crippen molar-refractivity contribution in [2.75, 3.05) is 18.6 Å². The highest BCUT2D eigenvalue weighted by Gasteiger charge is 2.36. The fourth-order valence-corrected chi connectivity index (χ4v) is 2.00. The van der Waals surface area contributed by atoms with Gasteiger partial charge in [-0.2, -0.15) is 0 Å². The molecule has 0 N–H and O–H groups in total. The molecule has 4 heteroatoms. The number of rotatable bonds is 1. The number of anilines is 1. The third kappa shape index (κ3) is 1.98. The Morgan fingerprint density at radius 3 is 2.67 bits per heavy atom. The summed E-state index contributed by atoms with van der Waals surface area (Å²) in [6, 6.07) is 5.17. The Morgan fingerprint density at radius 1 is 1.39 bits per heavy atom. The average molecular weight is 247 g/mol. The number of Topliss-reactive ketones (excluding diaryl/α,β-unsaturated/α-hetero) is 1. The van der Waals surface area contributed by atoms with Crippen molar-refractivity contribution in [1.82, 2.24) is 0 Å². The van der Waals surface area contributed by atoms with Crippen LogP contribution in [0.4, 0.5) is 5.69 Å². The van der Waals surface area contributed by atoms with E-state index in [1.807, 2.05) is 13.8 Å². The van der Waals surface area contributed by atoms with Gasteiger partial charge < -0.3 is 9.64 Å². The molecule has 0 radical (unpaired) electrons. The van der Waals surface area contributed by atoms with Gasteiger partial charge >= 0.3 is 0 Å². The van der Waals surface area contributed by atoms with E-state index >= 15 is 0 Å². The van der Waals surface area contributed by atoms with Crippen LogP contribution in [0, 0.1) is 5.41 Å². The molecule has 0 unspecified atom stereocenters. The molecule has 18 heavy (non-hydrogen) atoms. The van der Waals surface area contributed by atoms with Crippen LogP contribution in [-0.2, 0) is 4.79 Å². The fraction of sp³-hybridized carbons (Fsp3) is 0.429. The Hall–Kier alpha value is -1.84. The summed E-state index contributed by atoms with van der Waals surface area (Å²) in [7, 11) is 1.71. The molecule has 0 saturated heterocycles. The quantitative estimate of drug-likeness (QED) is 0.715. The molecule has 0 spiro atoms. The predicted molar refractivity (Wildman–Crippen MR) is 69.1 cm³/mol. The molecule has 1 aromatic rings. The van der Waals surface area contributed by atoms with Crippen LogP contribution in [0.25, 0.3) is 0 Å². The minimum absolute atomic E-state index is 0.0121. The maximum atomic E-state index is 12.3. The van der Waals surface area contributed by atoms with Gasteiger partial charge in [0.25, 0.3) is 0 Å². The van der Waals surface area contributed by atoms with Gasteiger partial charge in [-0.1, -0.05) is 0 Å². The van der Waals surface area contributed by atoms with Gasteiger partial charge in [0.2, 0.25) is 5.91 Å². The molecule has 0 saturated carbocycles. The zero-order valence-electron chi connectivity index (χ0n) is 11.1. The first-order valence-corrected chi connectivity index (χ1v) is 5.89. The number of hydrogen-bond donors (Lipinski definition) is 0. The van der Waals surface area contributed by atoms with E-state index in [0.717, 1.165) is 0 Å². The van der Waals surface area contributed by atoms with Crippen molar-refractivity contribution in [3.05, 3.63) is 23.8 Å². The van der Waals surface area contributed by atoms with E-state index in [1.165, 1.54) is 6.92 Å². The Kier molecular flexibility index (Phi) is 2.89. The molecule has 1 aliphatic heterocycles. The topological polar surface area (TPSA) is 46.6 Å². The van der Waals surface area contributed by atoms with Gasteiger partial charge in [0.05, 0.1) is 11.1 Å². The van der Waals surface area contributed by atoms with Crippen LogP contribution >= 0.6 is 0 Å². The SMILES string of the molecule is CC(=O)c1ccc2c(c1)N(C)C(=O)C(C)(C)CO2. The fourth-order valence-electron chi connectivity index (χ4n) is 2.00. The first-order valence-electron chi connectivity index (χ1n) is 5.89. The van der Waals surface area contributed by atoms with Crippen LogP contribution in [0.1, 0.15) is 31.1 Å². The Balaban J connectivity index is 2.52. The molecular formula is C14H17NO3. The summed E-state index contributed by atoms with van der Waals surface area (Å²) in [4.78, 5) is 25.2. The van der Waals surface area contributed by atoms with Crippen LogP contribution in [0.2, 0.25) is 0 Å². The third-order valence-corrected chi connectivity index (χ3v) is 3.20. The highest BCUT2D eigenvalue weighted by Crippen LogP contribution is 2.36. The lowest BCUT2D eigenvalue weighted by Crippen LogP contribution is -2.39. The van der Waals surface area contributed by atoms with Crippen LogP contribution in [0.5, 0.6) is 5.75 Å². The van der Waals surface area contributed by atoms with Crippen molar-refractivity contribution in [3.8, 4) is 5.75 Å². The zero-order chi connectivity index (χ0) is 13.5. The van der Waals surface area contributed by atoms with Crippen molar-refractivity contribution < 1.29 is 14.3 Å². The van der Waals surface area contributed by atoms with E-state index < -0.39 is 5.41 Å². The molecule has 0 atom stereocenters. The maximum absolute atomic E-state index is 12.3. The lowest BCUT2D eigenvalue weighted by Gasteiger charge is -2.24. The smallest absolute Gasteiger partial charge is 0.235 e. The monoisotopic (exact) mass is 247 g/mol. The Labute approximate surface area is 107 Å². The van der Waals surface area contributed by atoms with Gasteiger partial charge in [0, 0.05) is 12.6 Å². The molecule has 2 rings (SSSR count). The first-order chi connectivity index (χ1) is 8.33. The van der Waals surface area contributed by atoms with Gasteiger partial charge in [0.15, 0.2) is 5.78 Å². The Bertz CT molecular complexity index is 520. The zero-order valence-corrected chi connectivity index (χ0v) is 11.1. The lowest BCUT2D eigenvalue weighted by molar-refractivity contribution is -0.127. The van der Waals surface area contributed by atoms with Crippen LogP contribution < -0.4 is 9.64 Å². The predicted octanol–water partition coefficient (Wildman–Crippen LogP) is 2.27. The molecule has 1 aliphatic rings. The van der Waals surface area contributed by atoms with Crippen LogP contribution in [0.15, 0.2) is 18.2 Å². The van der Waals surface area contributed by atoms with E-state index in [1.54, 1.807) is 30.1 Å². The number of fused-ring (bicyclic) bond motifs is 1. The number of ether oxygens (including phenoxy) is 1. The van der Waals surface area contributed by atoms with Gasteiger partial charge in [-0.25, -0.2) is 0 Å². The number of hydrogen-bond acceptors (Lipinski definition) is 3. The molecule has 1 heterocycles. The highest BCUT2D eigenvalue weighted by molar-refractivity contribution is 6.01. The van der Waals surface area contributed by atoms with Gasteiger partial charge in [-0.05, 0) is 39.0 Å². The highest BCUT2D eigenvalue weighted by atomic mass is 16.5. The summed E-state index contributed by atoms with van der Waals surface area (Å²) in [6.07, 6.45) is 0. The third-order valence-electron chi connectivity index (χ3n) is 3.20. The lowest BCUT2D eigenvalue weighted by atomic mass is 9.93.